The first kappa shape index (κ1) is 9.40. The Morgan fingerprint density at radius 3 is 3.15 bits per heavy atom. The molecule has 1 fully saturated rings. The number of nitrogens with zero attached hydrogens (tertiary/aromatic N) is 1. The van der Waals surface area contributed by atoms with Crippen molar-refractivity contribution < 1.29 is 9.47 Å². The van der Waals surface area contributed by atoms with Gasteiger partial charge in [-0.05, 0) is 0 Å². The first-order valence-corrected chi connectivity index (χ1v) is 5.51. The van der Waals surface area contributed by atoms with Crippen LogP contribution >= 0.6 is 22.9 Å². The summed E-state index contributed by atoms with van der Waals surface area (Å²) in [5.74, 6) is 0.462. The first-order chi connectivity index (χ1) is 6.40. The molecule has 1 aromatic rings. The van der Waals surface area contributed by atoms with E-state index in [0.29, 0.717) is 25.7 Å². The first-order valence-electron chi connectivity index (χ1n) is 4.10. The lowest BCUT2D eigenvalue weighted by Gasteiger charge is -2.20. The second kappa shape index (κ2) is 4.37. The highest BCUT2D eigenvalue weighted by Crippen LogP contribution is 2.24. The molecule has 0 radical (unpaired) electrons. The molecule has 5 heteroatoms. The average Bonchev–Trinajstić information content (AvgIpc) is 2.67. The van der Waals surface area contributed by atoms with Gasteiger partial charge in [0.25, 0.3) is 0 Å². The average molecular weight is 220 g/mol. The van der Waals surface area contributed by atoms with Crippen LogP contribution in [0.3, 0.4) is 0 Å². The fourth-order valence-corrected chi connectivity index (χ4v) is 2.24. The van der Waals surface area contributed by atoms with Gasteiger partial charge in [-0.3, -0.25) is 0 Å². The van der Waals surface area contributed by atoms with Crippen LogP contribution < -0.4 is 0 Å². The minimum atomic E-state index is 0.00992. The second-order valence-electron chi connectivity index (χ2n) is 2.75. The third-order valence-corrected chi connectivity index (χ3v) is 3.06. The molecular formula is C8H10ClNO2S. The van der Waals surface area contributed by atoms with Gasteiger partial charge in [0.1, 0.15) is 11.1 Å². The Kier molecular flexibility index (Phi) is 3.16. The third kappa shape index (κ3) is 2.20. The van der Waals surface area contributed by atoms with Gasteiger partial charge >= 0.3 is 0 Å². The molecule has 0 spiro atoms. The molecule has 2 heterocycles. The van der Waals surface area contributed by atoms with E-state index >= 15 is 0 Å². The highest BCUT2D eigenvalue weighted by atomic mass is 35.5. The molecule has 1 unspecified atom stereocenters. The van der Waals surface area contributed by atoms with Crippen molar-refractivity contribution in [2.45, 2.75) is 12.0 Å². The summed E-state index contributed by atoms with van der Waals surface area (Å²) in [5, 5.41) is 2.93. The smallest absolute Gasteiger partial charge is 0.132 e. The van der Waals surface area contributed by atoms with E-state index < -0.39 is 0 Å². The number of hydrogen-bond acceptors (Lipinski definition) is 4. The predicted octanol–water partition coefficient (Wildman–Crippen LogP) is 1.97. The number of aromatic nitrogens is 1. The lowest BCUT2D eigenvalue weighted by atomic mass is 10.3. The Morgan fingerprint density at radius 2 is 2.54 bits per heavy atom. The predicted molar refractivity (Wildman–Crippen MR) is 51.2 cm³/mol. The number of rotatable bonds is 2. The molecule has 0 amide bonds. The van der Waals surface area contributed by atoms with E-state index in [1.54, 1.807) is 11.3 Å². The summed E-state index contributed by atoms with van der Waals surface area (Å²) in [4.78, 5) is 4.33. The lowest BCUT2D eigenvalue weighted by molar-refractivity contribution is -0.0902. The van der Waals surface area contributed by atoms with Crippen LogP contribution in [0.15, 0.2) is 5.38 Å². The van der Waals surface area contributed by atoms with E-state index in [1.165, 1.54) is 0 Å². The maximum Gasteiger partial charge on any atom is 0.132 e. The van der Waals surface area contributed by atoms with Crippen molar-refractivity contribution in [3.05, 3.63) is 16.1 Å². The monoisotopic (exact) mass is 219 g/mol. The van der Waals surface area contributed by atoms with Gasteiger partial charge in [-0.1, -0.05) is 0 Å². The molecule has 0 aliphatic carbocycles. The SMILES string of the molecule is ClCc1csc(C2COCCO2)n1. The highest BCUT2D eigenvalue weighted by Gasteiger charge is 2.19. The van der Waals surface area contributed by atoms with E-state index in [1.807, 2.05) is 5.38 Å². The van der Waals surface area contributed by atoms with E-state index in [9.17, 15) is 0 Å². The van der Waals surface area contributed by atoms with Crippen molar-refractivity contribution in [2.75, 3.05) is 19.8 Å². The van der Waals surface area contributed by atoms with Crippen molar-refractivity contribution in [2.24, 2.45) is 0 Å². The molecule has 1 saturated heterocycles. The van der Waals surface area contributed by atoms with E-state index in [0.717, 1.165) is 10.7 Å². The Hall–Kier alpha value is -0.160. The molecule has 1 aliphatic heterocycles. The zero-order valence-electron chi connectivity index (χ0n) is 7.03. The topological polar surface area (TPSA) is 31.4 Å². The van der Waals surface area contributed by atoms with Crippen molar-refractivity contribution in [1.29, 1.82) is 0 Å². The van der Waals surface area contributed by atoms with Gasteiger partial charge in [-0.15, -0.1) is 22.9 Å². The van der Waals surface area contributed by atoms with Gasteiger partial charge in [-0.25, -0.2) is 4.98 Å². The lowest BCUT2D eigenvalue weighted by Crippen LogP contribution is -2.21. The van der Waals surface area contributed by atoms with E-state index in [4.69, 9.17) is 21.1 Å². The summed E-state index contributed by atoms with van der Waals surface area (Å²) >= 11 is 7.23. The van der Waals surface area contributed by atoms with Crippen LogP contribution in [-0.2, 0) is 15.4 Å². The zero-order valence-corrected chi connectivity index (χ0v) is 8.61. The number of alkyl halides is 1. The van der Waals surface area contributed by atoms with Gasteiger partial charge in [0, 0.05) is 5.38 Å². The van der Waals surface area contributed by atoms with E-state index in [2.05, 4.69) is 4.98 Å². The molecule has 1 aromatic heterocycles. The summed E-state index contributed by atoms with van der Waals surface area (Å²) in [6.07, 6.45) is 0.00992. The van der Waals surface area contributed by atoms with Crippen molar-refractivity contribution in [3.63, 3.8) is 0 Å². The molecule has 13 heavy (non-hydrogen) atoms. The van der Waals surface area contributed by atoms with Gasteiger partial charge in [-0.2, -0.15) is 0 Å². The summed E-state index contributed by atoms with van der Waals surface area (Å²) < 4.78 is 10.8. The van der Waals surface area contributed by atoms with Crippen LogP contribution in [0.2, 0.25) is 0 Å². The maximum atomic E-state index is 5.65. The maximum absolute atomic E-state index is 5.65. The Balaban J connectivity index is 2.05. The minimum Gasteiger partial charge on any atom is -0.376 e. The molecule has 1 atom stereocenters. The fourth-order valence-electron chi connectivity index (χ4n) is 1.16. The van der Waals surface area contributed by atoms with Gasteiger partial charge in [0.15, 0.2) is 0 Å². The van der Waals surface area contributed by atoms with Gasteiger partial charge < -0.3 is 9.47 Å². The molecule has 3 nitrogen and oxygen atoms in total. The summed E-state index contributed by atoms with van der Waals surface area (Å²) in [6, 6.07) is 0. The quantitative estimate of drug-likeness (QED) is 0.713. The molecule has 2 rings (SSSR count). The van der Waals surface area contributed by atoms with Crippen molar-refractivity contribution in [1.82, 2.24) is 4.98 Å². The van der Waals surface area contributed by atoms with Crippen LogP contribution in [0.1, 0.15) is 16.8 Å². The normalized spacial score (nSPS) is 23.3. The highest BCUT2D eigenvalue weighted by molar-refractivity contribution is 7.09. The Bertz CT molecular complexity index is 273. The number of halogens is 1. The minimum absolute atomic E-state index is 0.00992. The Morgan fingerprint density at radius 1 is 1.62 bits per heavy atom. The van der Waals surface area contributed by atoms with Crippen LogP contribution in [0.5, 0.6) is 0 Å². The molecule has 0 bridgehead atoms. The van der Waals surface area contributed by atoms with Gasteiger partial charge in [0.05, 0.1) is 31.4 Å². The summed E-state index contributed by atoms with van der Waals surface area (Å²) in [7, 11) is 0. The Labute approximate surface area is 85.6 Å². The largest absolute Gasteiger partial charge is 0.376 e. The summed E-state index contributed by atoms with van der Waals surface area (Å²) in [6.45, 7) is 1.94. The van der Waals surface area contributed by atoms with Crippen LogP contribution in [-0.4, -0.2) is 24.8 Å². The summed E-state index contributed by atoms with van der Waals surface area (Å²) in [5.41, 5.74) is 0.913. The molecule has 1 aliphatic rings. The molecule has 72 valence electrons. The number of thiazole rings is 1. The second-order valence-corrected chi connectivity index (χ2v) is 3.90. The van der Waals surface area contributed by atoms with Gasteiger partial charge in [0.2, 0.25) is 0 Å². The number of hydrogen-bond donors (Lipinski definition) is 0. The van der Waals surface area contributed by atoms with Crippen LogP contribution in [0.25, 0.3) is 0 Å². The van der Waals surface area contributed by atoms with Crippen LogP contribution in [0.4, 0.5) is 0 Å². The fraction of sp³-hybridized carbons (Fsp3) is 0.625. The molecule has 0 aromatic carbocycles. The number of ether oxygens (including phenoxy) is 2. The van der Waals surface area contributed by atoms with Crippen molar-refractivity contribution >= 4 is 22.9 Å². The molecular weight excluding hydrogens is 210 g/mol. The van der Waals surface area contributed by atoms with Crippen LogP contribution in [0, 0.1) is 0 Å². The molecule has 0 saturated carbocycles. The molecule has 0 N–H and O–H groups in total. The van der Waals surface area contributed by atoms with E-state index in [-0.39, 0.29) is 6.10 Å². The standard InChI is InChI=1S/C8H10ClNO2S/c9-3-6-5-13-8(10-6)7-4-11-1-2-12-7/h5,7H,1-4H2. The van der Waals surface area contributed by atoms with Crippen molar-refractivity contribution in [3.8, 4) is 0 Å². The zero-order chi connectivity index (χ0) is 9.10. The third-order valence-electron chi connectivity index (χ3n) is 1.80.